The zero-order valence-electron chi connectivity index (χ0n) is 20.3. The van der Waals surface area contributed by atoms with Gasteiger partial charge in [-0.05, 0) is 36.2 Å². The first-order valence-electron chi connectivity index (χ1n) is 11.3. The van der Waals surface area contributed by atoms with E-state index in [2.05, 4.69) is 10.6 Å². The number of amides is 1. The predicted octanol–water partition coefficient (Wildman–Crippen LogP) is 3.85. The number of carbonyl (C=O) groups is 1. The summed E-state index contributed by atoms with van der Waals surface area (Å²) in [6.45, 7) is 3.73. The van der Waals surface area contributed by atoms with Crippen LogP contribution in [0.5, 0.6) is 11.5 Å². The van der Waals surface area contributed by atoms with Crippen LogP contribution in [-0.2, 0) is 17.9 Å². The van der Waals surface area contributed by atoms with E-state index in [1.165, 1.54) is 0 Å². The topological polar surface area (TPSA) is 119 Å². The molecular formula is C27H32N4O4. The van der Waals surface area contributed by atoms with Gasteiger partial charge in [-0.3, -0.25) is 10.2 Å². The van der Waals surface area contributed by atoms with Gasteiger partial charge in [0.05, 0.1) is 27.4 Å². The summed E-state index contributed by atoms with van der Waals surface area (Å²) in [5.74, 6) is 0.883. The van der Waals surface area contributed by atoms with Crippen molar-refractivity contribution in [1.29, 1.82) is 5.41 Å². The third-order valence-electron chi connectivity index (χ3n) is 5.55. The quantitative estimate of drug-likeness (QED) is 0.179. The largest absolute Gasteiger partial charge is 0.496 e. The highest BCUT2D eigenvalue weighted by molar-refractivity contribution is 5.96. The van der Waals surface area contributed by atoms with E-state index in [1.807, 2.05) is 43.3 Å². The summed E-state index contributed by atoms with van der Waals surface area (Å²) in [6, 6.07) is 18.8. The maximum atomic E-state index is 12.9. The highest BCUT2D eigenvalue weighted by atomic mass is 16.5. The van der Waals surface area contributed by atoms with Crippen LogP contribution in [0.25, 0.3) is 0 Å². The van der Waals surface area contributed by atoms with Crippen LogP contribution in [0.4, 0.5) is 5.69 Å². The molecule has 0 aliphatic heterocycles. The SMILES string of the molecule is COc1cc(C(=O)NCc2ccc(C(=N)N)cc2NCCOCc2ccccc2)cc(OC)c1C. The van der Waals surface area contributed by atoms with Crippen LogP contribution < -0.4 is 25.8 Å². The Morgan fingerprint density at radius 2 is 1.66 bits per heavy atom. The van der Waals surface area contributed by atoms with Crippen molar-refractivity contribution in [3.63, 3.8) is 0 Å². The van der Waals surface area contributed by atoms with Crippen molar-refractivity contribution < 1.29 is 19.0 Å². The van der Waals surface area contributed by atoms with E-state index in [-0.39, 0.29) is 18.3 Å². The van der Waals surface area contributed by atoms with E-state index in [0.717, 1.165) is 22.4 Å². The minimum atomic E-state index is -0.255. The van der Waals surface area contributed by atoms with Gasteiger partial charge in [-0.25, -0.2) is 0 Å². The number of hydrogen-bond donors (Lipinski definition) is 4. The first kappa shape index (κ1) is 25.6. The Morgan fingerprint density at radius 1 is 0.971 bits per heavy atom. The van der Waals surface area contributed by atoms with Crippen LogP contribution in [0.3, 0.4) is 0 Å². The summed E-state index contributed by atoms with van der Waals surface area (Å²) >= 11 is 0. The number of amidine groups is 1. The molecule has 0 spiro atoms. The molecule has 3 aromatic carbocycles. The third kappa shape index (κ3) is 6.97. The van der Waals surface area contributed by atoms with Crippen LogP contribution in [-0.4, -0.2) is 39.1 Å². The molecule has 0 fully saturated rings. The van der Waals surface area contributed by atoms with Crippen molar-refractivity contribution in [1.82, 2.24) is 5.32 Å². The Bertz CT molecular complexity index is 1140. The van der Waals surface area contributed by atoms with Gasteiger partial charge >= 0.3 is 0 Å². The maximum absolute atomic E-state index is 12.9. The van der Waals surface area contributed by atoms with E-state index < -0.39 is 0 Å². The van der Waals surface area contributed by atoms with Gasteiger partial charge < -0.3 is 30.6 Å². The second-order valence-corrected chi connectivity index (χ2v) is 7.94. The summed E-state index contributed by atoms with van der Waals surface area (Å²) in [5, 5.41) is 14.0. The Balaban J connectivity index is 1.65. The van der Waals surface area contributed by atoms with Crippen LogP contribution in [0.1, 0.15) is 32.6 Å². The molecule has 3 rings (SSSR count). The summed E-state index contributed by atoms with van der Waals surface area (Å²) in [5.41, 5.74) is 10.3. The number of ether oxygens (including phenoxy) is 3. The minimum Gasteiger partial charge on any atom is -0.496 e. The standard InChI is InChI=1S/C27H32N4O4/c1-18-24(33-2)14-22(15-25(18)34-3)27(32)31-16-21-10-9-20(26(28)29)13-23(21)30-11-12-35-17-19-7-5-4-6-8-19/h4-10,13-15,30H,11-12,16-17H2,1-3H3,(H3,28,29)(H,31,32). The van der Waals surface area contributed by atoms with Crippen molar-refractivity contribution in [3.05, 3.63) is 88.5 Å². The fourth-order valence-corrected chi connectivity index (χ4v) is 3.58. The molecule has 184 valence electrons. The lowest BCUT2D eigenvalue weighted by Gasteiger charge is -2.16. The number of benzene rings is 3. The average molecular weight is 477 g/mol. The number of hydrogen-bond acceptors (Lipinski definition) is 6. The molecule has 0 saturated heterocycles. The minimum absolute atomic E-state index is 0.0252. The fourth-order valence-electron chi connectivity index (χ4n) is 3.58. The molecule has 0 bridgehead atoms. The second kappa shape index (κ2) is 12.4. The molecule has 0 aromatic heterocycles. The molecule has 5 N–H and O–H groups in total. The number of anilines is 1. The van der Waals surface area contributed by atoms with Gasteiger partial charge in [0, 0.05) is 35.5 Å². The monoisotopic (exact) mass is 476 g/mol. The van der Waals surface area contributed by atoms with Gasteiger partial charge in [-0.1, -0.05) is 42.5 Å². The first-order valence-corrected chi connectivity index (χ1v) is 11.3. The maximum Gasteiger partial charge on any atom is 0.251 e. The van der Waals surface area contributed by atoms with Crippen LogP contribution in [0.2, 0.25) is 0 Å². The summed E-state index contributed by atoms with van der Waals surface area (Å²) < 4.78 is 16.5. The highest BCUT2D eigenvalue weighted by Gasteiger charge is 2.14. The number of nitrogens with two attached hydrogens (primary N) is 1. The summed E-state index contributed by atoms with van der Waals surface area (Å²) in [6.07, 6.45) is 0. The number of methoxy groups -OCH3 is 2. The summed E-state index contributed by atoms with van der Waals surface area (Å²) in [7, 11) is 3.11. The molecule has 1 amide bonds. The van der Waals surface area contributed by atoms with Crippen molar-refractivity contribution in [2.45, 2.75) is 20.1 Å². The molecule has 8 heteroatoms. The number of carbonyl (C=O) groups excluding carboxylic acids is 1. The highest BCUT2D eigenvalue weighted by Crippen LogP contribution is 2.29. The number of nitrogen functional groups attached to an aromatic ring is 1. The lowest BCUT2D eigenvalue weighted by molar-refractivity contribution is 0.0950. The van der Waals surface area contributed by atoms with E-state index in [0.29, 0.717) is 42.4 Å². The molecule has 0 aliphatic carbocycles. The summed E-state index contributed by atoms with van der Waals surface area (Å²) in [4.78, 5) is 12.9. The van der Waals surface area contributed by atoms with E-state index in [1.54, 1.807) is 38.5 Å². The van der Waals surface area contributed by atoms with Gasteiger partial charge in [0.2, 0.25) is 0 Å². The van der Waals surface area contributed by atoms with Crippen LogP contribution in [0.15, 0.2) is 60.7 Å². The number of nitrogens with one attached hydrogen (secondary N) is 3. The Morgan fingerprint density at radius 3 is 2.29 bits per heavy atom. The normalized spacial score (nSPS) is 10.5. The van der Waals surface area contributed by atoms with Gasteiger partial charge in [0.15, 0.2) is 0 Å². The molecule has 0 saturated carbocycles. The fraction of sp³-hybridized carbons (Fsp3) is 0.259. The molecule has 0 aliphatic rings. The van der Waals surface area contributed by atoms with Crippen molar-refractivity contribution in [2.24, 2.45) is 5.73 Å². The zero-order chi connectivity index (χ0) is 25.2. The van der Waals surface area contributed by atoms with E-state index >= 15 is 0 Å². The van der Waals surface area contributed by atoms with Crippen LogP contribution in [0, 0.1) is 12.3 Å². The van der Waals surface area contributed by atoms with Crippen molar-refractivity contribution in [2.75, 3.05) is 32.7 Å². The average Bonchev–Trinajstić information content (AvgIpc) is 2.88. The molecule has 0 heterocycles. The smallest absolute Gasteiger partial charge is 0.251 e. The third-order valence-corrected chi connectivity index (χ3v) is 5.55. The molecule has 0 radical (unpaired) electrons. The second-order valence-electron chi connectivity index (χ2n) is 7.94. The van der Waals surface area contributed by atoms with E-state index in [9.17, 15) is 4.79 Å². The molecule has 3 aromatic rings. The Hall–Kier alpha value is -4.04. The van der Waals surface area contributed by atoms with Gasteiger partial charge in [0.25, 0.3) is 5.91 Å². The zero-order valence-corrected chi connectivity index (χ0v) is 20.3. The van der Waals surface area contributed by atoms with E-state index in [4.69, 9.17) is 25.4 Å². The molecule has 0 unspecified atom stereocenters. The first-order chi connectivity index (χ1) is 16.9. The predicted molar refractivity (Wildman–Crippen MR) is 137 cm³/mol. The molecule has 8 nitrogen and oxygen atoms in total. The molecular weight excluding hydrogens is 444 g/mol. The van der Waals surface area contributed by atoms with Gasteiger partial charge in [0.1, 0.15) is 17.3 Å². The lowest BCUT2D eigenvalue weighted by Crippen LogP contribution is -2.24. The number of rotatable bonds is 12. The lowest BCUT2D eigenvalue weighted by atomic mass is 10.1. The van der Waals surface area contributed by atoms with Crippen molar-refractivity contribution >= 4 is 17.4 Å². The Kier molecular flexibility index (Phi) is 9.09. The van der Waals surface area contributed by atoms with Crippen LogP contribution >= 0.6 is 0 Å². The van der Waals surface area contributed by atoms with Crippen molar-refractivity contribution in [3.8, 4) is 11.5 Å². The molecule has 0 atom stereocenters. The van der Waals surface area contributed by atoms with Gasteiger partial charge in [-0.2, -0.15) is 0 Å². The molecule has 35 heavy (non-hydrogen) atoms. The Labute approximate surface area is 205 Å². The van der Waals surface area contributed by atoms with Gasteiger partial charge in [-0.15, -0.1) is 0 Å².